The van der Waals surface area contributed by atoms with Gasteiger partial charge in [0, 0.05) is 31.3 Å². The lowest BCUT2D eigenvalue weighted by atomic mass is 10.2. The second-order valence-electron chi connectivity index (χ2n) is 3.03. The molecule has 0 fully saturated rings. The molecular formula is C10H11ClN2O2. The van der Waals surface area contributed by atoms with Crippen LogP contribution in [-0.4, -0.2) is 11.8 Å². The summed E-state index contributed by atoms with van der Waals surface area (Å²) in [5, 5.41) is 2.61. The van der Waals surface area contributed by atoms with Crippen LogP contribution in [0.3, 0.4) is 0 Å². The van der Waals surface area contributed by atoms with Crippen LogP contribution in [0.2, 0.25) is 0 Å². The van der Waals surface area contributed by atoms with Gasteiger partial charge < -0.3 is 5.32 Å². The number of anilines is 2. The van der Waals surface area contributed by atoms with Gasteiger partial charge in [0.1, 0.15) is 0 Å². The molecule has 0 heterocycles. The molecule has 1 N–H and O–H groups in total. The van der Waals surface area contributed by atoms with E-state index >= 15 is 0 Å². The molecule has 1 rings (SSSR count). The minimum absolute atomic E-state index is 0.142. The Balaban J connectivity index is 2.80. The highest BCUT2D eigenvalue weighted by molar-refractivity contribution is 6.36. The van der Waals surface area contributed by atoms with Crippen molar-refractivity contribution in [1.29, 1.82) is 0 Å². The predicted molar refractivity (Wildman–Crippen MR) is 59.8 cm³/mol. The fourth-order valence-electron chi connectivity index (χ4n) is 1.06. The summed E-state index contributed by atoms with van der Waals surface area (Å²) in [7, 11) is 0. The largest absolute Gasteiger partial charge is 0.326 e. The first-order valence-corrected chi connectivity index (χ1v) is 4.68. The zero-order valence-electron chi connectivity index (χ0n) is 8.45. The second kappa shape index (κ2) is 4.79. The van der Waals surface area contributed by atoms with E-state index in [9.17, 15) is 9.59 Å². The van der Waals surface area contributed by atoms with Crippen LogP contribution in [0.1, 0.15) is 13.8 Å². The van der Waals surface area contributed by atoms with Gasteiger partial charge in [0.15, 0.2) is 0 Å². The third-order valence-electron chi connectivity index (χ3n) is 1.69. The molecular weight excluding hydrogens is 216 g/mol. The van der Waals surface area contributed by atoms with Gasteiger partial charge in [-0.15, -0.1) is 0 Å². The number of carbonyl (C=O) groups is 2. The smallest absolute Gasteiger partial charge is 0.238 e. The zero-order valence-corrected chi connectivity index (χ0v) is 9.21. The van der Waals surface area contributed by atoms with Crippen molar-refractivity contribution in [2.24, 2.45) is 0 Å². The lowest BCUT2D eigenvalue weighted by Gasteiger charge is -2.11. The molecule has 0 radical (unpaired) electrons. The quantitative estimate of drug-likeness (QED) is 0.786. The summed E-state index contributed by atoms with van der Waals surface area (Å²) in [6.07, 6.45) is 0. The molecule has 4 nitrogen and oxygen atoms in total. The fourth-order valence-corrected chi connectivity index (χ4v) is 1.17. The standard InChI is InChI=1S/C10H11ClN2O2/c1-7(14)12-9-3-5-10(6-4-9)13(11)8(2)15/h3-6H,1-2H3,(H,12,14). The lowest BCUT2D eigenvalue weighted by Crippen LogP contribution is -2.16. The molecule has 15 heavy (non-hydrogen) atoms. The fraction of sp³-hybridized carbons (Fsp3) is 0.200. The molecule has 0 aliphatic rings. The summed E-state index contributed by atoms with van der Waals surface area (Å²) in [6.45, 7) is 2.80. The Labute approximate surface area is 92.9 Å². The number of benzene rings is 1. The Morgan fingerprint density at radius 1 is 1.20 bits per heavy atom. The minimum Gasteiger partial charge on any atom is -0.326 e. The van der Waals surface area contributed by atoms with E-state index < -0.39 is 0 Å². The molecule has 0 saturated heterocycles. The van der Waals surface area contributed by atoms with Crippen LogP contribution in [0, 0.1) is 0 Å². The third kappa shape index (κ3) is 3.25. The maximum Gasteiger partial charge on any atom is 0.238 e. The van der Waals surface area contributed by atoms with Crippen LogP contribution in [0.5, 0.6) is 0 Å². The first-order valence-electron chi connectivity index (χ1n) is 4.35. The Kier molecular flexibility index (Phi) is 3.68. The number of amides is 2. The summed E-state index contributed by atoms with van der Waals surface area (Å²) in [6, 6.07) is 6.66. The van der Waals surface area contributed by atoms with Crippen molar-refractivity contribution in [2.75, 3.05) is 9.74 Å². The Morgan fingerprint density at radius 2 is 1.73 bits per heavy atom. The molecule has 2 amide bonds. The highest BCUT2D eigenvalue weighted by atomic mass is 35.5. The lowest BCUT2D eigenvalue weighted by molar-refractivity contribution is -0.115. The summed E-state index contributed by atoms with van der Waals surface area (Å²) in [4.78, 5) is 21.7. The topological polar surface area (TPSA) is 49.4 Å². The highest BCUT2D eigenvalue weighted by Gasteiger charge is 2.07. The van der Waals surface area contributed by atoms with Crippen molar-refractivity contribution in [2.45, 2.75) is 13.8 Å². The monoisotopic (exact) mass is 226 g/mol. The van der Waals surface area contributed by atoms with Crippen molar-refractivity contribution in [3.05, 3.63) is 24.3 Å². The summed E-state index contributed by atoms with van der Waals surface area (Å²) >= 11 is 5.70. The summed E-state index contributed by atoms with van der Waals surface area (Å²) < 4.78 is 1.01. The Hall–Kier alpha value is -1.55. The Bertz CT molecular complexity index is 376. The number of halogens is 1. The van der Waals surface area contributed by atoms with E-state index in [4.69, 9.17) is 11.8 Å². The van der Waals surface area contributed by atoms with Crippen LogP contribution >= 0.6 is 11.8 Å². The van der Waals surface area contributed by atoms with E-state index in [1.165, 1.54) is 13.8 Å². The molecule has 0 aliphatic heterocycles. The molecule has 1 aromatic rings. The van der Waals surface area contributed by atoms with Gasteiger partial charge in [-0.05, 0) is 24.3 Å². The van der Waals surface area contributed by atoms with Crippen LogP contribution in [0.25, 0.3) is 0 Å². The van der Waals surface area contributed by atoms with Crippen molar-refractivity contribution >= 4 is 35.0 Å². The van der Waals surface area contributed by atoms with Crippen molar-refractivity contribution in [3.8, 4) is 0 Å². The SMILES string of the molecule is CC(=O)Nc1ccc(N(Cl)C(C)=O)cc1. The van der Waals surface area contributed by atoms with Crippen LogP contribution in [0.4, 0.5) is 11.4 Å². The average Bonchev–Trinajstić information content (AvgIpc) is 2.17. The van der Waals surface area contributed by atoms with Crippen LogP contribution < -0.4 is 9.74 Å². The first kappa shape index (κ1) is 11.5. The van der Waals surface area contributed by atoms with Gasteiger partial charge in [-0.2, -0.15) is 0 Å². The van der Waals surface area contributed by atoms with Crippen molar-refractivity contribution in [3.63, 3.8) is 0 Å². The van der Waals surface area contributed by atoms with Crippen LogP contribution in [0.15, 0.2) is 24.3 Å². The van der Waals surface area contributed by atoms with E-state index in [-0.39, 0.29) is 11.8 Å². The predicted octanol–water partition coefficient (Wildman–Crippen LogP) is 2.15. The van der Waals surface area contributed by atoms with Gasteiger partial charge in [0.2, 0.25) is 11.8 Å². The molecule has 0 aromatic heterocycles. The van der Waals surface area contributed by atoms with Gasteiger partial charge in [-0.3, -0.25) is 9.59 Å². The molecule has 1 aromatic carbocycles. The molecule has 0 atom stereocenters. The summed E-state index contributed by atoms with van der Waals surface area (Å²) in [5.74, 6) is -0.402. The maximum absolute atomic E-state index is 10.9. The van der Waals surface area contributed by atoms with Crippen molar-refractivity contribution < 1.29 is 9.59 Å². The number of carbonyl (C=O) groups excluding carboxylic acids is 2. The zero-order chi connectivity index (χ0) is 11.4. The molecule has 0 bridgehead atoms. The molecule has 5 heteroatoms. The number of nitrogens with one attached hydrogen (secondary N) is 1. The van der Waals surface area contributed by atoms with E-state index in [0.29, 0.717) is 11.4 Å². The number of rotatable bonds is 2. The minimum atomic E-state index is -0.260. The van der Waals surface area contributed by atoms with Gasteiger partial charge in [0.25, 0.3) is 0 Å². The van der Waals surface area contributed by atoms with Gasteiger partial charge in [0.05, 0.1) is 5.69 Å². The summed E-state index contributed by atoms with van der Waals surface area (Å²) in [5.41, 5.74) is 1.23. The molecule has 0 aliphatic carbocycles. The highest BCUT2D eigenvalue weighted by Crippen LogP contribution is 2.19. The van der Waals surface area contributed by atoms with Crippen LogP contribution in [-0.2, 0) is 9.59 Å². The maximum atomic E-state index is 10.9. The number of nitrogens with zero attached hydrogens (tertiary/aromatic N) is 1. The molecule has 0 saturated carbocycles. The average molecular weight is 227 g/mol. The van der Waals surface area contributed by atoms with Gasteiger partial charge in [-0.1, -0.05) is 0 Å². The number of hydrogen-bond donors (Lipinski definition) is 1. The van der Waals surface area contributed by atoms with E-state index in [0.717, 1.165) is 4.42 Å². The van der Waals surface area contributed by atoms with E-state index in [2.05, 4.69) is 5.32 Å². The van der Waals surface area contributed by atoms with Gasteiger partial charge >= 0.3 is 0 Å². The Morgan fingerprint density at radius 3 is 2.13 bits per heavy atom. The molecule has 80 valence electrons. The third-order valence-corrected chi connectivity index (χ3v) is 2.12. The first-order chi connectivity index (χ1) is 7.00. The van der Waals surface area contributed by atoms with Crippen molar-refractivity contribution in [1.82, 2.24) is 0 Å². The van der Waals surface area contributed by atoms with E-state index in [1.54, 1.807) is 24.3 Å². The normalized spacial score (nSPS) is 9.53. The second-order valence-corrected chi connectivity index (χ2v) is 3.37. The molecule has 0 unspecified atom stereocenters. The number of hydrogen-bond acceptors (Lipinski definition) is 2. The van der Waals surface area contributed by atoms with Gasteiger partial charge in [-0.25, -0.2) is 4.42 Å². The van der Waals surface area contributed by atoms with E-state index in [1.807, 2.05) is 0 Å². The molecule has 0 spiro atoms.